The first kappa shape index (κ1) is 13.7. The van der Waals surface area contributed by atoms with Crippen molar-refractivity contribution >= 4 is 0 Å². The van der Waals surface area contributed by atoms with Crippen LogP contribution in [0.2, 0.25) is 0 Å². The van der Waals surface area contributed by atoms with Gasteiger partial charge in [0.2, 0.25) is 0 Å². The standard InChI is InChI=1S/C13H22N6/c1-5-18-8-11(6-16-18)9-19-12(14-10-17-19)7-15-13(2,3)4/h6,8,10,15H,5,7,9H2,1-4H3. The van der Waals surface area contributed by atoms with Gasteiger partial charge >= 0.3 is 0 Å². The molecular weight excluding hydrogens is 240 g/mol. The normalized spacial score (nSPS) is 12.0. The Morgan fingerprint density at radius 1 is 1.26 bits per heavy atom. The van der Waals surface area contributed by atoms with Gasteiger partial charge in [0.25, 0.3) is 0 Å². The Balaban J connectivity index is 2.03. The zero-order chi connectivity index (χ0) is 13.9. The third kappa shape index (κ3) is 3.89. The van der Waals surface area contributed by atoms with Crippen molar-refractivity contribution in [1.82, 2.24) is 29.9 Å². The van der Waals surface area contributed by atoms with Crippen LogP contribution in [-0.2, 0) is 19.6 Å². The van der Waals surface area contributed by atoms with Gasteiger partial charge in [-0.1, -0.05) is 0 Å². The highest BCUT2D eigenvalue weighted by Gasteiger charge is 2.12. The lowest BCUT2D eigenvalue weighted by Crippen LogP contribution is -2.36. The Labute approximate surface area is 113 Å². The topological polar surface area (TPSA) is 60.6 Å². The number of hydrogen-bond donors (Lipinski definition) is 1. The van der Waals surface area contributed by atoms with E-state index >= 15 is 0 Å². The Kier molecular flexibility index (Phi) is 3.99. The molecule has 0 bridgehead atoms. The first-order chi connectivity index (χ1) is 8.98. The molecule has 6 nitrogen and oxygen atoms in total. The molecule has 0 saturated carbocycles. The fourth-order valence-corrected chi connectivity index (χ4v) is 1.74. The molecule has 0 aliphatic heterocycles. The van der Waals surface area contributed by atoms with E-state index in [1.54, 1.807) is 6.33 Å². The van der Waals surface area contributed by atoms with E-state index in [2.05, 4.69) is 48.2 Å². The molecule has 104 valence electrons. The summed E-state index contributed by atoms with van der Waals surface area (Å²) in [6, 6.07) is 0. The lowest BCUT2D eigenvalue weighted by Gasteiger charge is -2.20. The minimum Gasteiger partial charge on any atom is -0.305 e. The van der Waals surface area contributed by atoms with Gasteiger partial charge in [-0.3, -0.25) is 4.68 Å². The third-order valence-electron chi connectivity index (χ3n) is 2.82. The van der Waals surface area contributed by atoms with Gasteiger partial charge < -0.3 is 5.32 Å². The Morgan fingerprint density at radius 3 is 2.68 bits per heavy atom. The Morgan fingerprint density at radius 2 is 2.05 bits per heavy atom. The van der Waals surface area contributed by atoms with Crippen LogP contribution in [0.3, 0.4) is 0 Å². The number of aryl methyl sites for hydroxylation is 1. The molecule has 0 aromatic carbocycles. The van der Waals surface area contributed by atoms with Crippen LogP contribution in [-0.4, -0.2) is 30.1 Å². The van der Waals surface area contributed by atoms with E-state index in [1.165, 1.54) is 0 Å². The highest BCUT2D eigenvalue weighted by molar-refractivity contribution is 5.05. The van der Waals surface area contributed by atoms with Gasteiger partial charge in [0.15, 0.2) is 0 Å². The maximum absolute atomic E-state index is 4.30. The van der Waals surface area contributed by atoms with Crippen molar-refractivity contribution in [3.8, 4) is 0 Å². The molecule has 0 amide bonds. The highest BCUT2D eigenvalue weighted by Crippen LogP contribution is 2.05. The molecule has 1 N–H and O–H groups in total. The lowest BCUT2D eigenvalue weighted by molar-refractivity contribution is 0.410. The Bertz CT molecular complexity index is 519. The minimum absolute atomic E-state index is 0.0733. The molecule has 0 spiro atoms. The van der Waals surface area contributed by atoms with Crippen LogP contribution in [0.5, 0.6) is 0 Å². The van der Waals surface area contributed by atoms with Crippen molar-refractivity contribution in [3.63, 3.8) is 0 Å². The molecule has 0 fully saturated rings. The van der Waals surface area contributed by atoms with Gasteiger partial charge in [-0.05, 0) is 27.7 Å². The number of rotatable bonds is 5. The quantitative estimate of drug-likeness (QED) is 0.885. The van der Waals surface area contributed by atoms with E-state index in [9.17, 15) is 0 Å². The SMILES string of the molecule is CCn1cc(Cn2ncnc2CNC(C)(C)C)cn1. The van der Waals surface area contributed by atoms with Crippen molar-refractivity contribution in [1.29, 1.82) is 0 Å². The van der Waals surface area contributed by atoms with E-state index < -0.39 is 0 Å². The maximum atomic E-state index is 4.30. The van der Waals surface area contributed by atoms with Gasteiger partial charge in [0, 0.05) is 23.8 Å². The summed E-state index contributed by atoms with van der Waals surface area (Å²) in [5.74, 6) is 0.944. The molecule has 0 aliphatic rings. The summed E-state index contributed by atoms with van der Waals surface area (Å²) in [6.45, 7) is 10.8. The van der Waals surface area contributed by atoms with E-state index in [-0.39, 0.29) is 5.54 Å². The maximum Gasteiger partial charge on any atom is 0.141 e. The van der Waals surface area contributed by atoms with Crippen molar-refractivity contribution in [2.24, 2.45) is 0 Å². The zero-order valence-electron chi connectivity index (χ0n) is 12.1. The van der Waals surface area contributed by atoms with Crippen LogP contribution < -0.4 is 5.32 Å². The molecule has 2 aromatic rings. The molecular formula is C13H22N6. The van der Waals surface area contributed by atoms with Gasteiger partial charge in [-0.25, -0.2) is 9.67 Å². The van der Waals surface area contributed by atoms with E-state index in [0.717, 1.165) is 17.9 Å². The highest BCUT2D eigenvalue weighted by atomic mass is 15.3. The van der Waals surface area contributed by atoms with Crippen molar-refractivity contribution < 1.29 is 0 Å². The lowest BCUT2D eigenvalue weighted by atomic mass is 10.1. The molecule has 19 heavy (non-hydrogen) atoms. The van der Waals surface area contributed by atoms with Crippen molar-refractivity contribution in [2.45, 2.75) is 52.9 Å². The summed E-state index contributed by atoms with van der Waals surface area (Å²) in [6.07, 6.45) is 5.53. The zero-order valence-corrected chi connectivity index (χ0v) is 12.1. The van der Waals surface area contributed by atoms with Gasteiger partial charge in [-0.2, -0.15) is 10.2 Å². The summed E-state index contributed by atoms with van der Waals surface area (Å²) < 4.78 is 3.83. The molecule has 2 heterocycles. The molecule has 2 rings (SSSR count). The summed E-state index contributed by atoms with van der Waals surface area (Å²) in [5.41, 5.74) is 1.22. The summed E-state index contributed by atoms with van der Waals surface area (Å²) in [7, 11) is 0. The smallest absolute Gasteiger partial charge is 0.141 e. The van der Waals surface area contributed by atoms with Crippen LogP contribution in [0.4, 0.5) is 0 Å². The molecule has 0 aliphatic carbocycles. The molecule has 0 unspecified atom stereocenters. The number of aromatic nitrogens is 5. The third-order valence-corrected chi connectivity index (χ3v) is 2.82. The summed E-state index contributed by atoms with van der Waals surface area (Å²) in [5, 5.41) is 12.0. The molecule has 0 atom stereocenters. The number of nitrogens with one attached hydrogen (secondary N) is 1. The van der Waals surface area contributed by atoms with Gasteiger partial charge in [-0.15, -0.1) is 0 Å². The molecule has 6 heteroatoms. The molecule has 2 aromatic heterocycles. The van der Waals surface area contributed by atoms with Crippen LogP contribution in [0.15, 0.2) is 18.7 Å². The molecule has 0 radical (unpaired) electrons. The molecule has 0 saturated heterocycles. The minimum atomic E-state index is 0.0733. The predicted molar refractivity (Wildman–Crippen MR) is 73.6 cm³/mol. The van der Waals surface area contributed by atoms with Crippen LogP contribution in [0, 0.1) is 0 Å². The second kappa shape index (κ2) is 5.52. The summed E-state index contributed by atoms with van der Waals surface area (Å²) >= 11 is 0. The van der Waals surface area contributed by atoms with E-state index in [1.807, 2.05) is 21.8 Å². The monoisotopic (exact) mass is 262 g/mol. The fraction of sp³-hybridized carbons (Fsp3) is 0.615. The van der Waals surface area contributed by atoms with Crippen LogP contribution in [0.1, 0.15) is 39.1 Å². The largest absolute Gasteiger partial charge is 0.305 e. The predicted octanol–water partition coefficient (Wildman–Crippen LogP) is 1.43. The fourth-order valence-electron chi connectivity index (χ4n) is 1.74. The van der Waals surface area contributed by atoms with Crippen LogP contribution >= 0.6 is 0 Å². The van der Waals surface area contributed by atoms with Gasteiger partial charge in [0.05, 0.1) is 19.3 Å². The van der Waals surface area contributed by atoms with Crippen molar-refractivity contribution in [3.05, 3.63) is 30.1 Å². The average Bonchev–Trinajstić information content (AvgIpc) is 2.95. The number of nitrogens with zero attached hydrogens (tertiary/aromatic N) is 5. The first-order valence-electron chi connectivity index (χ1n) is 6.61. The Hall–Kier alpha value is -1.69. The number of hydrogen-bond acceptors (Lipinski definition) is 4. The first-order valence-corrected chi connectivity index (χ1v) is 6.61. The van der Waals surface area contributed by atoms with Gasteiger partial charge in [0.1, 0.15) is 12.2 Å². The average molecular weight is 262 g/mol. The second-order valence-corrected chi connectivity index (χ2v) is 5.64. The summed E-state index contributed by atoms with van der Waals surface area (Å²) in [4.78, 5) is 4.30. The second-order valence-electron chi connectivity index (χ2n) is 5.64. The van der Waals surface area contributed by atoms with Crippen molar-refractivity contribution in [2.75, 3.05) is 0 Å². The van der Waals surface area contributed by atoms with E-state index in [0.29, 0.717) is 13.1 Å². The van der Waals surface area contributed by atoms with E-state index in [4.69, 9.17) is 0 Å². The van der Waals surface area contributed by atoms with Crippen LogP contribution in [0.25, 0.3) is 0 Å².